The fourth-order valence-electron chi connectivity index (χ4n) is 3.71. The van der Waals surface area contributed by atoms with Gasteiger partial charge in [-0.05, 0) is 38.8 Å². The van der Waals surface area contributed by atoms with Gasteiger partial charge in [-0.25, -0.2) is 15.0 Å². The van der Waals surface area contributed by atoms with Crippen LogP contribution < -0.4 is 10.2 Å². The SMILES string of the molecule is Cc1cc(N2CCC(Nc3nc4ccccc4cc3CO)CC2)nc(C)n1. The van der Waals surface area contributed by atoms with E-state index in [-0.39, 0.29) is 6.61 Å². The van der Waals surface area contributed by atoms with E-state index in [4.69, 9.17) is 4.98 Å². The molecule has 1 aliphatic heterocycles. The van der Waals surface area contributed by atoms with Crippen molar-refractivity contribution in [1.82, 2.24) is 15.0 Å². The summed E-state index contributed by atoms with van der Waals surface area (Å²) in [6.45, 7) is 5.81. The van der Waals surface area contributed by atoms with Crippen LogP contribution in [0.25, 0.3) is 10.9 Å². The molecule has 0 bridgehead atoms. The van der Waals surface area contributed by atoms with Gasteiger partial charge in [-0.15, -0.1) is 0 Å². The molecule has 140 valence electrons. The number of para-hydroxylation sites is 1. The molecule has 1 aliphatic rings. The third kappa shape index (κ3) is 3.85. The third-order valence-corrected chi connectivity index (χ3v) is 5.09. The molecule has 2 aromatic heterocycles. The van der Waals surface area contributed by atoms with Crippen molar-refractivity contribution < 1.29 is 5.11 Å². The second-order valence-corrected chi connectivity index (χ2v) is 7.17. The van der Waals surface area contributed by atoms with Crippen LogP contribution in [-0.4, -0.2) is 39.2 Å². The van der Waals surface area contributed by atoms with Crippen molar-refractivity contribution in [2.75, 3.05) is 23.3 Å². The monoisotopic (exact) mass is 363 g/mol. The first-order valence-corrected chi connectivity index (χ1v) is 9.45. The molecule has 3 heterocycles. The van der Waals surface area contributed by atoms with Gasteiger partial charge in [0.25, 0.3) is 0 Å². The van der Waals surface area contributed by atoms with Gasteiger partial charge >= 0.3 is 0 Å². The summed E-state index contributed by atoms with van der Waals surface area (Å²) in [5.74, 6) is 2.62. The smallest absolute Gasteiger partial charge is 0.132 e. The van der Waals surface area contributed by atoms with Gasteiger partial charge in [0, 0.05) is 41.8 Å². The zero-order valence-corrected chi connectivity index (χ0v) is 15.8. The second-order valence-electron chi connectivity index (χ2n) is 7.17. The first kappa shape index (κ1) is 17.7. The van der Waals surface area contributed by atoms with Crippen LogP contribution in [0.1, 0.15) is 29.9 Å². The van der Waals surface area contributed by atoms with Crippen LogP contribution >= 0.6 is 0 Å². The number of anilines is 2. The standard InChI is InChI=1S/C21H25N5O/c1-14-11-20(23-15(2)22-14)26-9-7-18(8-10-26)24-21-17(13-27)12-16-5-3-4-6-19(16)25-21/h3-6,11-12,18,27H,7-10,13H2,1-2H3,(H,24,25). The molecule has 0 unspecified atom stereocenters. The van der Waals surface area contributed by atoms with Crippen molar-refractivity contribution in [1.29, 1.82) is 0 Å². The van der Waals surface area contributed by atoms with Crippen molar-refractivity contribution in [3.63, 3.8) is 0 Å². The van der Waals surface area contributed by atoms with Gasteiger partial charge in [0.15, 0.2) is 0 Å². The Morgan fingerprint density at radius 2 is 1.85 bits per heavy atom. The van der Waals surface area contributed by atoms with E-state index in [1.54, 1.807) is 0 Å². The summed E-state index contributed by atoms with van der Waals surface area (Å²) >= 11 is 0. The summed E-state index contributed by atoms with van der Waals surface area (Å²) < 4.78 is 0. The van der Waals surface area contributed by atoms with Crippen molar-refractivity contribution in [3.05, 3.63) is 53.5 Å². The van der Waals surface area contributed by atoms with E-state index in [1.807, 2.05) is 44.2 Å². The van der Waals surface area contributed by atoms with Crippen LogP contribution in [0.3, 0.4) is 0 Å². The fourth-order valence-corrected chi connectivity index (χ4v) is 3.71. The summed E-state index contributed by atoms with van der Waals surface area (Å²) in [6.07, 6.45) is 2.00. The fraction of sp³-hybridized carbons (Fsp3) is 0.381. The molecule has 0 atom stereocenters. The predicted octanol–water partition coefficient (Wildman–Crippen LogP) is 3.21. The van der Waals surface area contributed by atoms with Gasteiger partial charge in [0.2, 0.25) is 0 Å². The van der Waals surface area contributed by atoms with Crippen LogP contribution in [0.4, 0.5) is 11.6 Å². The first-order valence-electron chi connectivity index (χ1n) is 9.45. The van der Waals surface area contributed by atoms with E-state index < -0.39 is 0 Å². The molecule has 27 heavy (non-hydrogen) atoms. The Morgan fingerprint density at radius 1 is 1.07 bits per heavy atom. The molecule has 2 N–H and O–H groups in total. The van der Waals surface area contributed by atoms with Gasteiger partial charge in [0.05, 0.1) is 12.1 Å². The molecule has 1 saturated heterocycles. The summed E-state index contributed by atoms with van der Waals surface area (Å²) in [7, 11) is 0. The number of hydrogen-bond acceptors (Lipinski definition) is 6. The molecule has 0 radical (unpaired) electrons. The maximum absolute atomic E-state index is 9.75. The molecule has 0 spiro atoms. The lowest BCUT2D eigenvalue weighted by Crippen LogP contribution is -2.40. The number of nitrogens with zero attached hydrogens (tertiary/aromatic N) is 4. The molecule has 1 fully saturated rings. The topological polar surface area (TPSA) is 74.2 Å². The highest BCUT2D eigenvalue weighted by Gasteiger charge is 2.21. The van der Waals surface area contributed by atoms with E-state index in [0.29, 0.717) is 6.04 Å². The van der Waals surface area contributed by atoms with Crippen molar-refractivity contribution >= 4 is 22.5 Å². The number of nitrogens with one attached hydrogen (secondary N) is 1. The average Bonchev–Trinajstić information content (AvgIpc) is 2.67. The summed E-state index contributed by atoms with van der Waals surface area (Å²) in [5.41, 5.74) is 2.80. The number of benzene rings is 1. The maximum atomic E-state index is 9.75. The molecule has 0 aliphatic carbocycles. The van der Waals surface area contributed by atoms with Crippen molar-refractivity contribution in [3.8, 4) is 0 Å². The van der Waals surface area contributed by atoms with E-state index in [0.717, 1.165) is 65.6 Å². The largest absolute Gasteiger partial charge is 0.392 e. The van der Waals surface area contributed by atoms with E-state index in [2.05, 4.69) is 26.3 Å². The predicted molar refractivity (Wildman–Crippen MR) is 108 cm³/mol. The van der Waals surface area contributed by atoms with Crippen molar-refractivity contribution in [2.45, 2.75) is 39.3 Å². The number of hydrogen-bond donors (Lipinski definition) is 2. The van der Waals surface area contributed by atoms with Crippen LogP contribution in [0.15, 0.2) is 36.4 Å². The minimum atomic E-state index is -0.0154. The van der Waals surface area contributed by atoms with Crippen LogP contribution in [0.5, 0.6) is 0 Å². The third-order valence-electron chi connectivity index (χ3n) is 5.09. The summed E-state index contributed by atoms with van der Waals surface area (Å²) in [5, 5.41) is 14.4. The van der Waals surface area contributed by atoms with E-state index >= 15 is 0 Å². The minimum absolute atomic E-state index is 0.0154. The maximum Gasteiger partial charge on any atom is 0.132 e. The molecule has 4 rings (SSSR count). The Labute approximate surface area is 159 Å². The Bertz CT molecular complexity index is 930. The lowest BCUT2D eigenvalue weighted by atomic mass is 10.0. The number of piperidine rings is 1. The molecule has 3 aromatic rings. The lowest BCUT2D eigenvalue weighted by molar-refractivity contribution is 0.282. The number of pyridine rings is 1. The number of fused-ring (bicyclic) bond motifs is 1. The van der Waals surface area contributed by atoms with Gasteiger partial charge in [-0.1, -0.05) is 18.2 Å². The van der Waals surface area contributed by atoms with Crippen LogP contribution in [0, 0.1) is 13.8 Å². The first-order chi connectivity index (χ1) is 13.1. The highest BCUT2D eigenvalue weighted by Crippen LogP contribution is 2.25. The van der Waals surface area contributed by atoms with Gasteiger partial charge in [0.1, 0.15) is 17.5 Å². The molecule has 6 heteroatoms. The Morgan fingerprint density at radius 3 is 2.59 bits per heavy atom. The average molecular weight is 363 g/mol. The number of aliphatic hydroxyl groups excluding tert-OH is 1. The number of aromatic nitrogens is 3. The normalized spacial score (nSPS) is 15.3. The Hall–Kier alpha value is -2.73. The van der Waals surface area contributed by atoms with Gasteiger partial charge in [-0.2, -0.15) is 0 Å². The van der Waals surface area contributed by atoms with Crippen molar-refractivity contribution in [2.24, 2.45) is 0 Å². The molecular weight excluding hydrogens is 338 g/mol. The number of aryl methyl sites for hydroxylation is 2. The zero-order valence-electron chi connectivity index (χ0n) is 15.8. The lowest BCUT2D eigenvalue weighted by Gasteiger charge is -2.33. The zero-order chi connectivity index (χ0) is 18.8. The minimum Gasteiger partial charge on any atom is -0.392 e. The Kier molecular flexibility index (Phi) is 4.90. The van der Waals surface area contributed by atoms with Crippen LogP contribution in [-0.2, 0) is 6.61 Å². The summed E-state index contributed by atoms with van der Waals surface area (Å²) in [4.78, 5) is 16.0. The van der Waals surface area contributed by atoms with Crippen LogP contribution in [0.2, 0.25) is 0 Å². The molecule has 0 amide bonds. The van der Waals surface area contributed by atoms with E-state index in [1.165, 1.54) is 0 Å². The van der Waals surface area contributed by atoms with E-state index in [9.17, 15) is 5.11 Å². The summed E-state index contributed by atoms with van der Waals surface area (Å²) in [6, 6.07) is 12.4. The molecular formula is C21H25N5O. The number of aliphatic hydroxyl groups is 1. The quantitative estimate of drug-likeness (QED) is 0.741. The molecule has 6 nitrogen and oxygen atoms in total. The second kappa shape index (κ2) is 7.48. The van der Waals surface area contributed by atoms with Gasteiger partial charge < -0.3 is 15.3 Å². The highest BCUT2D eigenvalue weighted by molar-refractivity contribution is 5.81. The molecule has 1 aromatic carbocycles. The molecule has 0 saturated carbocycles. The van der Waals surface area contributed by atoms with Gasteiger partial charge in [-0.3, -0.25) is 0 Å². The highest BCUT2D eigenvalue weighted by atomic mass is 16.3. The Balaban J connectivity index is 1.47. The number of rotatable bonds is 4.